The monoisotopic (exact) mass is 355 g/mol. The summed E-state index contributed by atoms with van der Waals surface area (Å²) in [4.78, 5) is 3.78. The van der Waals surface area contributed by atoms with E-state index >= 15 is 0 Å². The van der Waals surface area contributed by atoms with Crippen molar-refractivity contribution in [2.45, 2.75) is 0 Å². The van der Waals surface area contributed by atoms with Crippen LogP contribution in [0.25, 0.3) is 10.9 Å². The highest BCUT2D eigenvalue weighted by molar-refractivity contribution is 9.10. The minimum Gasteiger partial charge on any atom is -0.252 e. The van der Waals surface area contributed by atoms with Crippen molar-refractivity contribution >= 4 is 54.4 Å². The molecule has 15 heavy (non-hydrogen) atoms. The van der Waals surface area contributed by atoms with Crippen LogP contribution in [0.2, 0.25) is 5.02 Å². The summed E-state index contributed by atoms with van der Waals surface area (Å²) in [5.41, 5.74) is -0.0797. The Kier molecular flexibility index (Phi) is 2.96. The number of aromatic nitrogens is 1. The van der Waals surface area contributed by atoms with Crippen molar-refractivity contribution in [2.75, 3.05) is 0 Å². The summed E-state index contributed by atoms with van der Waals surface area (Å²) < 4.78 is 27.5. The Morgan fingerprint density at radius 2 is 1.87 bits per heavy atom. The molecule has 0 atom stereocenters. The standard InChI is InChI=1S/C9H2Br2ClF2N/c10-3-1-5(13)9-6(8(3)14)7(12)4(11)2-15-9/h1-2H. The zero-order valence-corrected chi connectivity index (χ0v) is 10.9. The van der Waals surface area contributed by atoms with Crippen LogP contribution in [0.4, 0.5) is 8.78 Å². The van der Waals surface area contributed by atoms with E-state index in [4.69, 9.17) is 11.6 Å². The van der Waals surface area contributed by atoms with Gasteiger partial charge in [0.15, 0.2) is 5.82 Å². The molecule has 0 saturated heterocycles. The highest BCUT2D eigenvalue weighted by Crippen LogP contribution is 2.35. The average molecular weight is 357 g/mol. The van der Waals surface area contributed by atoms with Crippen LogP contribution in [-0.2, 0) is 0 Å². The maximum atomic E-state index is 13.7. The molecule has 1 nitrogen and oxygen atoms in total. The van der Waals surface area contributed by atoms with Gasteiger partial charge >= 0.3 is 0 Å². The molecular weight excluding hydrogens is 355 g/mol. The third-order valence-corrected chi connectivity index (χ3v) is 3.68. The zero-order valence-electron chi connectivity index (χ0n) is 6.99. The SMILES string of the molecule is Fc1cc(Br)c(F)c2c(Cl)c(Br)cnc12. The van der Waals surface area contributed by atoms with Crippen LogP contribution in [0.15, 0.2) is 21.2 Å². The first-order valence-corrected chi connectivity index (χ1v) is 5.76. The van der Waals surface area contributed by atoms with Gasteiger partial charge in [-0.05, 0) is 37.9 Å². The number of pyridine rings is 1. The van der Waals surface area contributed by atoms with E-state index in [9.17, 15) is 8.78 Å². The van der Waals surface area contributed by atoms with Gasteiger partial charge in [0.1, 0.15) is 11.3 Å². The van der Waals surface area contributed by atoms with E-state index in [-0.39, 0.29) is 20.4 Å². The van der Waals surface area contributed by atoms with Crippen molar-refractivity contribution in [3.8, 4) is 0 Å². The molecule has 1 aromatic carbocycles. The molecule has 0 unspecified atom stereocenters. The largest absolute Gasteiger partial charge is 0.252 e. The number of fused-ring (bicyclic) bond motifs is 1. The average Bonchev–Trinajstić information content (AvgIpc) is 2.19. The number of halogens is 5. The Bertz CT molecular complexity index is 551. The second kappa shape index (κ2) is 3.96. The summed E-state index contributed by atoms with van der Waals surface area (Å²) in [6.45, 7) is 0. The molecular formula is C9H2Br2ClF2N. The lowest BCUT2D eigenvalue weighted by Gasteiger charge is -2.05. The molecule has 0 aliphatic rings. The number of nitrogens with zero attached hydrogens (tertiary/aromatic N) is 1. The first-order chi connectivity index (χ1) is 7.02. The maximum absolute atomic E-state index is 13.7. The van der Waals surface area contributed by atoms with Crippen LogP contribution >= 0.6 is 43.5 Å². The van der Waals surface area contributed by atoms with Crippen LogP contribution in [0, 0.1) is 11.6 Å². The van der Waals surface area contributed by atoms with Crippen LogP contribution in [0.1, 0.15) is 0 Å². The van der Waals surface area contributed by atoms with E-state index < -0.39 is 11.6 Å². The number of benzene rings is 1. The number of rotatable bonds is 0. The lowest BCUT2D eigenvalue weighted by atomic mass is 10.2. The fraction of sp³-hybridized carbons (Fsp3) is 0. The summed E-state index contributed by atoms with van der Waals surface area (Å²) >= 11 is 11.9. The van der Waals surface area contributed by atoms with Gasteiger partial charge in [0.25, 0.3) is 0 Å². The minimum absolute atomic E-state index is 0.0225. The molecule has 2 aromatic rings. The number of hydrogen-bond donors (Lipinski definition) is 0. The fourth-order valence-electron chi connectivity index (χ4n) is 1.21. The Balaban J connectivity index is 3.04. The Morgan fingerprint density at radius 3 is 2.53 bits per heavy atom. The first-order valence-electron chi connectivity index (χ1n) is 3.79. The molecule has 0 aliphatic heterocycles. The van der Waals surface area contributed by atoms with Gasteiger partial charge in [-0.3, -0.25) is 4.98 Å². The lowest BCUT2D eigenvalue weighted by molar-refractivity contribution is 0.610. The van der Waals surface area contributed by atoms with Gasteiger partial charge in [0, 0.05) is 6.20 Å². The smallest absolute Gasteiger partial charge is 0.150 e. The summed E-state index contributed by atoms with van der Waals surface area (Å²) in [5.74, 6) is -1.24. The molecule has 78 valence electrons. The highest BCUT2D eigenvalue weighted by atomic mass is 79.9. The maximum Gasteiger partial charge on any atom is 0.150 e. The van der Waals surface area contributed by atoms with Gasteiger partial charge in [-0.2, -0.15) is 0 Å². The molecule has 0 N–H and O–H groups in total. The summed E-state index contributed by atoms with van der Waals surface area (Å²) in [6, 6.07) is 1.02. The highest BCUT2D eigenvalue weighted by Gasteiger charge is 2.16. The molecule has 0 amide bonds. The molecule has 0 bridgehead atoms. The molecule has 0 spiro atoms. The normalized spacial score (nSPS) is 11.0. The van der Waals surface area contributed by atoms with Gasteiger partial charge in [-0.25, -0.2) is 8.78 Å². The van der Waals surface area contributed by atoms with Gasteiger partial charge in [-0.15, -0.1) is 0 Å². The summed E-state index contributed by atoms with van der Waals surface area (Å²) in [6.07, 6.45) is 1.33. The number of hydrogen-bond acceptors (Lipinski definition) is 1. The first kappa shape index (κ1) is 11.2. The van der Waals surface area contributed by atoms with Gasteiger partial charge < -0.3 is 0 Å². The van der Waals surface area contributed by atoms with Crippen LogP contribution in [-0.4, -0.2) is 4.98 Å². The van der Waals surface area contributed by atoms with Gasteiger partial charge in [-0.1, -0.05) is 11.6 Å². The van der Waals surface area contributed by atoms with Crippen molar-refractivity contribution < 1.29 is 8.78 Å². The summed E-state index contributed by atoms with van der Waals surface area (Å²) in [5, 5.41) is 0.0793. The predicted octanol–water partition coefficient (Wildman–Crippen LogP) is 4.69. The molecule has 0 aliphatic carbocycles. The lowest BCUT2D eigenvalue weighted by Crippen LogP contribution is -1.91. The molecule has 6 heteroatoms. The van der Waals surface area contributed by atoms with E-state index in [2.05, 4.69) is 36.8 Å². The second-order valence-electron chi connectivity index (χ2n) is 2.80. The van der Waals surface area contributed by atoms with Crippen molar-refractivity contribution in [3.05, 3.63) is 37.9 Å². The topological polar surface area (TPSA) is 12.9 Å². The fourth-order valence-corrected chi connectivity index (χ4v) is 2.13. The Hall–Kier alpha value is -0.260. The van der Waals surface area contributed by atoms with E-state index in [1.165, 1.54) is 6.20 Å². The second-order valence-corrected chi connectivity index (χ2v) is 4.88. The predicted molar refractivity (Wildman–Crippen MR) is 62.1 cm³/mol. The third-order valence-electron chi connectivity index (χ3n) is 1.88. The third kappa shape index (κ3) is 1.77. The van der Waals surface area contributed by atoms with Gasteiger partial charge in [0.05, 0.1) is 19.4 Å². The van der Waals surface area contributed by atoms with E-state index in [0.29, 0.717) is 4.47 Å². The van der Waals surface area contributed by atoms with Crippen LogP contribution in [0.3, 0.4) is 0 Å². The van der Waals surface area contributed by atoms with Gasteiger partial charge in [0.2, 0.25) is 0 Å². The van der Waals surface area contributed by atoms with Crippen molar-refractivity contribution in [1.29, 1.82) is 0 Å². The molecule has 1 heterocycles. The van der Waals surface area contributed by atoms with E-state index in [0.717, 1.165) is 6.07 Å². The molecule has 1 aromatic heterocycles. The minimum atomic E-state index is -0.620. The molecule has 0 saturated carbocycles. The van der Waals surface area contributed by atoms with Crippen molar-refractivity contribution in [1.82, 2.24) is 4.98 Å². The van der Waals surface area contributed by atoms with Crippen molar-refractivity contribution in [2.24, 2.45) is 0 Å². The molecule has 2 rings (SSSR count). The zero-order chi connectivity index (χ0) is 11.2. The molecule has 0 radical (unpaired) electrons. The van der Waals surface area contributed by atoms with Crippen molar-refractivity contribution in [3.63, 3.8) is 0 Å². The van der Waals surface area contributed by atoms with E-state index in [1.54, 1.807) is 0 Å². The quantitative estimate of drug-likeness (QED) is 0.623. The molecule has 0 fully saturated rings. The summed E-state index contributed by atoms with van der Waals surface area (Å²) in [7, 11) is 0. The Labute approximate surface area is 106 Å². The van der Waals surface area contributed by atoms with Crippen LogP contribution < -0.4 is 0 Å². The Morgan fingerprint density at radius 1 is 1.20 bits per heavy atom. The van der Waals surface area contributed by atoms with E-state index in [1.807, 2.05) is 0 Å². The van der Waals surface area contributed by atoms with Crippen LogP contribution in [0.5, 0.6) is 0 Å².